The van der Waals surface area contributed by atoms with Crippen LogP contribution in [0.5, 0.6) is 0 Å². The summed E-state index contributed by atoms with van der Waals surface area (Å²) in [5.41, 5.74) is -7.20. The monoisotopic (exact) mass is 534 g/mol. The van der Waals surface area contributed by atoms with E-state index in [4.69, 9.17) is 4.74 Å². The Morgan fingerprint density at radius 2 is 1.89 bits per heavy atom. The Morgan fingerprint density at radius 3 is 2.54 bits per heavy atom. The van der Waals surface area contributed by atoms with Crippen LogP contribution < -0.4 is 5.32 Å². The number of rotatable bonds is 4. The number of fused-ring (bicyclic) bond motifs is 1. The second-order valence-corrected chi connectivity index (χ2v) is 10.0. The minimum atomic E-state index is -6.01. The molecule has 0 saturated carbocycles. The zero-order valence-electron chi connectivity index (χ0n) is 17.4. The molecule has 186 valence electrons. The smallest absolute Gasteiger partial charge is 0.462 e. The molecule has 4 rings (SSSR count). The van der Waals surface area contributed by atoms with Crippen LogP contribution in [0, 0.1) is 17.6 Å². The summed E-state index contributed by atoms with van der Waals surface area (Å²) in [6.45, 7) is -0.648. The number of amides is 1. The molecule has 2 heterocycles. The predicted octanol–water partition coefficient (Wildman–Crippen LogP) is 4.05. The molecule has 0 aromatic heterocycles. The summed E-state index contributed by atoms with van der Waals surface area (Å²) in [5, 5.41) is 2.65. The van der Waals surface area contributed by atoms with Gasteiger partial charge in [-0.15, -0.1) is 0 Å². The summed E-state index contributed by atoms with van der Waals surface area (Å²) >= 11 is 0.994. The van der Waals surface area contributed by atoms with Crippen molar-refractivity contribution in [2.45, 2.75) is 11.0 Å². The fraction of sp³-hybridized carbons (Fsp3) is 0.238. The summed E-state index contributed by atoms with van der Waals surface area (Å²) in [6, 6.07) is 10.8. The molecule has 2 unspecified atom stereocenters. The first-order valence-corrected chi connectivity index (χ1v) is 12.2. The van der Waals surface area contributed by atoms with Gasteiger partial charge in [-0.1, -0.05) is 36.0 Å². The van der Waals surface area contributed by atoms with Crippen LogP contribution in [-0.4, -0.2) is 37.4 Å². The van der Waals surface area contributed by atoms with Crippen LogP contribution in [0.25, 0.3) is 0 Å². The summed E-state index contributed by atoms with van der Waals surface area (Å²) in [6.07, 6.45) is 0.946. The number of carbonyl (C=O) groups is 1. The van der Waals surface area contributed by atoms with E-state index in [1.165, 1.54) is 0 Å². The van der Waals surface area contributed by atoms with E-state index in [-0.39, 0.29) is 16.5 Å². The minimum absolute atomic E-state index is 0.0208. The van der Waals surface area contributed by atoms with Gasteiger partial charge < -0.3 is 14.2 Å². The van der Waals surface area contributed by atoms with Gasteiger partial charge in [0.15, 0.2) is 5.17 Å². The van der Waals surface area contributed by atoms with E-state index in [1.54, 1.807) is 30.3 Å². The molecule has 14 heteroatoms. The molecule has 1 amide bonds. The van der Waals surface area contributed by atoms with Crippen LogP contribution in [0.15, 0.2) is 65.5 Å². The van der Waals surface area contributed by atoms with Crippen molar-refractivity contribution in [3.8, 4) is 0 Å². The SMILES string of the molecule is O=C(NC1=NC2(c3ccc(F)cc3F)COC(OS(=O)(=O)C(F)(F)F)=CC2CS1)c1ccccc1. The van der Waals surface area contributed by atoms with Crippen molar-refractivity contribution in [1.82, 2.24) is 5.32 Å². The molecule has 7 nitrogen and oxygen atoms in total. The largest absolute Gasteiger partial charge is 0.534 e. The van der Waals surface area contributed by atoms with E-state index in [0.29, 0.717) is 11.6 Å². The number of hydrogen-bond donors (Lipinski definition) is 1. The lowest BCUT2D eigenvalue weighted by atomic mass is 9.78. The quantitative estimate of drug-likeness (QED) is 0.362. The van der Waals surface area contributed by atoms with Gasteiger partial charge in [-0.05, 0) is 18.2 Å². The molecule has 2 aromatic rings. The molecular formula is C21H15F5N2O5S2. The van der Waals surface area contributed by atoms with Crippen LogP contribution >= 0.6 is 11.8 Å². The number of hydrogen-bond acceptors (Lipinski definition) is 7. The van der Waals surface area contributed by atoms with Crippen LogP contribution in [0.3, 0.4) is 0 Å². The Kier molecular flexibility index (Phi) is 6.53. The average Bonchev–Trinajstić information content (AvgIpc) is 2.78. The molecule has 0 spiro atoms. The standard InChI is InChI=1S/C21H15F5N2O5S2/c22-14-6-7-15(16(23)9-14)20-11-32-17(33-35(30,31)21(24,25)26)8-13(20)10-34-19(28-20)27-18(29)12-4-2-1-3-5-12/h1-9,13H,10-11H2,(H,27,28,29). The maximum absolute atomic E-state index is 14.8. The lowest BCUT2D eigenvalue weighted by Crippen LogP contribution is -2.48. The molecular weight excluding hydrogens is 519 g/mol. The van der Waals surface area contributed by atoms with Crippen molar-refractivity contribution in [2.75, 3.05) is 12.4 Å². The van der Waals surface area contributed by atoms with Crippen LogP contribution in [0.4, 0.5) is 22.0 Å². The van der Waals surface area contributed by atoms with Gasteiger partial charge in [-0.3, -0.25) is 4.79 Å². The van der Waals surface area contributed by atoms with E-state index in [2.05, 4.69) is 14.5 Å². The summed E-state index contributed by atoms with van der Waals surface area (Å²) < 4.78 is 98.5. The van der Waals surface area contributed by atoms with Gasteiger partial charge in [0, 0.05) is 34.9 Å². The van der Waals surface area contributed by atoms with Gasteiger partial charge in [0.25, 0.3) is 11.9 Å². The average molecular weight is 534 g/mol. The Balaban J connectivity index is 1.72. The number of nitrogens with zero attached hydrogens (tertiary/aromatic N) is 1. The van der Waals surface area contributed by atoms with Crippen molar-refractivity contribution in [1.29, 1.82) is 0 Å². The lowest BCUT2D eigenvalue weighted by molar-refractivity contribution is -0.0588. The van der Waals surface area contributed by atoms with Crippen LogP contribution in [0.1, 0.15) is 15.9 Å². The molecule has 0 fully saturated rings. The number of carbonyl (C=O) groups excluding carboxylic acids is 1. The maximum atomic E-state index is 14.8. The summed E-state index contributed by atoms with van der Waals surface area (Å²) in [4.78, 5) is 17.0. The Labute approximate surface area is 200 Å². The van der Waals surface area contributed by atoms with E-state index in [0.717, 1.165) is 30.0 Å². The van der Waals surface area contributed by atoms with E-state index >= 15 is 0 Å². The second-order valence-electron chi connectivity index (χ2n) is 7.46. The van der Waals surface area contributed by atoms with Crippen molar-refractivity contribution >= 4 is 33.0 Å². The highest BCUT2D eigenvalue weighted by Crippen LogP contribution is 2.46. The molecule has 0 saturated heterocycles. The van der Waals surface area contributed by atoms with Gasteiger partial charge in [0.1, 0.15) is 23.8 Å². The Bertz CT molecular complexity index is 1320. The highest BCUT2D eigenvalue weighted by molar-refractivity contribution is 8.13. The molecule has 2 aromatic carbocycles. The lowest BCUT2D eigenvalue weighted by Gasteiger charge is -2.42. The fourth-order valence-corrected chi connectivity index (χ4v) is 5.05. The number of alkyl halides is 3. The zero-order chi connectivity index (χ0) is 25.4. The van der Waals surface area contributed by atoms with E-state index in [9.17, 15) is 35.2 Å². The van der Waals surface area contributed by atoms with E-state index in [1.807, 2.05) is 0 Å². The Hall–Kier alpha value is -3.13. The highest BCUT2D eigenvalue weighted by Gasteiger charge is 2.52. The number of ether oxygens (including phenoxy) is 1. The number of amidine groups is 1. The van der Waals surface area contributed by atoms with Gasteiger partial charge in [-0.25, -0.2) is 13.8 Å². The molecule has 2 aliphatic rings. The summed E-state index contributed by atoms with van der Waals surface area (Å²) in [7, 11) is -6.01. The summed E-state index contributed by atoms with van der Waals surface area (Å²) in [5.74, 6) is -4.26. The molecule has 1 N–H and O–H groups in total. The first-order chi connectivity index (χ1) is 16.4. The van der Waals surface area contributed by atoms with Crippen molar-refractivity contribution < 1.29 is 44.1 Å². The molecule has 35 heavy (non-hydrogen) atoms. The fourth-order valence-electron chi connectivity index (χ4n) is 3.53. The highest BCUT2D eigenvalue weighted by atomic mass is 32.2. The van der Waals surface area contributed by atoms with Crippen LogP contribution in [-0.2, 0) is 24.6 Å². The molecule has 2 atom stereocenters. The van der Waals surface area contributed by atoms with Crippen LogP contribution in [0.2, 0.25) is 0 Å². The third-order valence-electron chi connectivity index (χ3n) is 5.22. The van der Waals surface area contributed by atoms with Crippen molar-refractivity contribution in [3.05, 3.63) is 83.3 Å². The van der Waals surface area contributed by atoms with Gasteiger partial charge >= 0.3 is 15.6 Å². The van der Waals surface area contributed by atoms with Gasteiger partial charge in [0.2, 0.25) is 0 Å². The number of halogens is 5. The van der Waals surface area contributed by atoms with Gasteiger partial charge in [0.05, 0.1) is 0 Å². The number of nitrogens with one attached hydrogen (secondary N) is 1. The first-order valence-electron chi connectivity index (χ1n) is 9.81. The predicted molar refractivity (Wildman–Crippen MR) is 115 cm³/mol. The molecule has 0 bridgehead atoms. The second kappa shape index (κ2) is 9.15. The van der Waals surface area contributed by atoms with Crippen molar-refractivity contribution in [3.63, 3.8) is 0 Å². The van der Waals surface area contributed by atoms with Crippen molar-refractivity contribution in [2.24, 2.45) is 10.9 Å². The van der Waals surface area contributed by atoms with E-state index < -0.39 is 57.2 Å². The number of aliphatic imine (C=N–C) groups is 1. The maximum Gasteiger partial charge on any atom is 0.534 e. The molecule has 2 aliphatic heterocycles. The zero-order valence-corrected chi connectivity index (χ0v) is 19.0. The number of thioether (sulfide) groups is 1. The van der Waals surface area contributed by atoms with Gasteiger partial charge in [-0.2, -0.15) is 21.6 Å². The third-order valence-corrected chi connectivity index (χ3v) is 7.16. The topological polar surface area (TPSA) is 94.1 Å². The molecule has 0 radical (unpaired) electrons. The first kappa shape index (κ1) is 25.0. The molecule has 0 aliphatic carbocycles. The number of benzene rings is 2. The third kappa shape index (κ3) is 4.98. The minimum Gasteiger partial charge on any atom is -0.462 e. The normalized spacial score (nSPS) is 22.3. The Morgan fingerprint density at radius 1 is 1.17 bits per heavy atom.